The molecule has 1 fully saturated rings. The quantitative estimate of drug-likeness (QED) is 0.905. The fraction of sp³-hybridized carbons (Fsp3) is 0.400. The number of hydrogen-bond donors (Lipinski definition) is 1. The van der Waals surface area contributed by atoms with Gasteiger partial charge in [0.2, 0.25) is 0 Å². The summed E-state index contributed by atoms with van der Waals surface area (Å²) in [4.78, 5) is 16.1. The number of likely N-dealkylation sites (tertiary alicyclic amines) is 1. The number of thiophene rings is 2. The van der Waals surface area contributed by atoms with Gasteiger partial charge >= 0.3 is 0 Å². The Morgan fingerprint density at radius 3 is 3.00 bits per heavy atom. The SMILES string of the molecule is O=C(c1ccc(Cl)s1)N1CCC[C@@H]1C[C@H](O)c1cccs1. The van der Waals surface area contributed by atoms with Crippen molar-refractivity contribution in [1.29, 1.82) is 0 Å². The van der Waals surface area contributed by atoms with E-state index < -0.39 is 6.10 Å². The summed E-state index contributed by atoms with van der Waals surface area (Å²) in [5, 5.41) is 12.3. The van der Waals surface area contributed by atoms with Gasteiger partial charge in [0.15, 0.2) is 0 Å². The number of amides is 1. The second-order valence-electron chi connectivity index (χ2n) is 5.17. The molecular weight excluding hydrogens is 326 g/mol. The van der Waals surface area contributed by atoms with E-state index in [0.717, 1.165) is 24.3 Å². The first-order chi connectivity index (χ1) is 10.1. The van der Waals surface area contributed by atoms with Crippen LogP contribution in [0.25, 0.3) is 0 Å². The highest BCUT2D eigenvalue weighted by atomic mass is 35.5. The van der Waals surface area contributed by atoms with Crippen molar-refractivity contribution in [2.75, 3.05) is 6.54 Å². The topological polar surface area (TPSA) is 40.5 Å². The third kappa shape index (κ3) is 3.31. The number of hydrogen-bond acceptors (Lipinski definition) is 4. The van der Waals surface area contributed by atoms with E-state index in [2.05, 4.69) is 0 Å². The van der Waals surface area contributed by atoms with Gasteiger partial charge in [0, 0.05) is 17.5 Å². The summed E-state index contributed by atoms with van der Waals surface area (Å²) < 4.78 is 0.632. The van der Waals surface area contributed by atoms with Crippen molar-refractivity contribution in [3.05, 3.63) is 43.7 Å². The lowest BCUT2D eigenvalue weighted by Crippen LogP contribution is -2.36. The van der Waals surface area contributed by atoms with Gasteiger partial charge in [-0.3, -0.25) is 4.79 Å². The third-order valence-electron chi connectivity index (χ3n) is 3.79. The molecule has 3 rings (SSSR count). The monoisotopic (exact) mass is 341 g/mol. The molecule has 112 valence electrons. The van der Waals surface area contributed by atoms with Gasteiger partial charge in [0.05, 0.1) is 15.3 Å². The Kier molecular flexibility index (Phi) is 4.64. The number of halogens is 1. The Labute approximate surface area is 136 Å². The molecule has 2 atom stereocenters. The lowest BCUT2D eigenvalue weighted by molar-refractivity contribution is 0.0675. The molecule has 1 aliphatic heterocycles. The maximum atomic E-state index is 12.5. The molecule has 2 aromatic rings. The highest BCUT2D eigenvalue weighted by Gasteiger charge is 2.32. The third-order valence-corrected chi connectivity index (χ3v) is 5.98. The summed E-state index contributed by atoms with van der Waals surface area (Å²) >= 11 is 8.78. The van der Waals surface area contributed by atoms with E-state index in [1.807, 2.05) is 22.4 Å². The maximum absolute atomic E-state index is 12.5. The number of aliphatic hydroxyl groups excluding tert-OH is 1. The van der Waals surface area contributed by atoms with Crippen LogP contribution in [0.4, 0.5) is 0 Å². The second kappa shape index (κ2) is 6.48. The maximum Gasteiger partial charge on any atom is 0.264 e. The first-order valence-corrected chi connectivity index (χ1v) is 9.00. The van der Waals surface area contributed by atoms with Gasteiger partial charge in [-0.25, -0.2) is 0 Å². The fourth-order valence-corrected chi connectivity index (χ4v) is 4.50. The molecule has 0 radical (unpaired) electrons. The van der Waals surface area contributed by atoms with E-state index in [4.69, 9.17) is 11.6 Å². The van der Waals surface area contributed by atoms with Gasteiger partial charge < -0.3 is 10.0 Å². The second-order valence-corrected chi connectivity index (χ2v) is 7.86. The average molecular weight is 342 g/mol. The lowest BCUT2D eigenvalue weighted by Gasteiger charge is -2.26. The normalized spacial score (nSPS) is 19.9. The zero-order chi connectivity index (χ0) is 14.8. The summed E-state index contributed by atoms with van der Waals surface area (Å²) in [7, 11) is 0. The summed E-state index contributed by atoms with van der Waals surface area (Å²) in [6.45, 7) is 0.760. The van der Waals surface area contributed by atoms with Crippen molar-refractivity contribution < 1.29 is 9.90 Å². The Balaban J connectivity index is 1.69. The largest absolute Gasteiger partial charge is 0.387 e. The molecular formula is C15H16ClNO2S2. The molecule has 1 saturated heterocycles. The number of carbonyl (C=O) groups excluding carboxylic acids is 1. The van der Waals surface area contributed by atoms with E-state index in [9.17, 15) is 9.90 Å². The van der Waals surface area contributed by atoms with Crippen LogP contribution in [-0.4, -0.2) is 28.5 Å². The molecule has 1 aliphatic rings. The van der Waals surface area contributed by atoms with Crippen molar-refractivity contribution in [1.82, 2.24) is 4.90 Å². The first-order valence-electron chi connectivity index (χ1n) is 6.93. The minimum absolute atomic E-state index is 0.0350. The van der Waals surface area contributed by atoms with Crippen molar-refractivity contribution in [3.8, 4) is 0 Å². The van der Waals surface area contributed by atoms with E-state index >= 15 is 0 Å². The molecule has 0 saturated carbocycles. The van der Waals surface area contributed by atoms with Gasteiger partial charge in [-0.05, 0) is 42.8 Å². The van der Waals surface area contributed by atoms with Gasteiger partial charge in [-0.15, -0.1) is 22.7 Å². The molecule has 3 nitrogen and oxygen atoms in total. The standard InChI is InChI=1S/C15H16ClNO2S2/c16-14-6-5-13(21-14)15(19)17-7-1-3-10(17)9-11(18)12-4-2-8-20-12/h2,4-6,8,10-11,18H,1,3,7,9H2/t10-,11+/m1/s1. The Morgan fingerprint density at radius 1 is 1.48 bits per heavy atom. The zero-order valence-electron chi connectivity index (χ0n) is 11.4. The fourth-order valence-electron chi connectivity index (χ4n) is 2.77. The minimum Gasteiger partial charge on any atom is -0.387 e. The lowest BCUT2D eigenvalue weighted by atomic mass is 10.1. The van der Waals surface area contributed by atoms with E-state index in [1.165, 1.54) is 11.3 Å². The smallest absolute Gasteiger partial charge is 0.264 e. The van der Waals surface area contributed by atoms with Gasteiger partial charge in [-0.1, -0.05) is 17.7 Å². The average Bonchev–Trinajstić information content (AvgIpc) is 3.18. The molecule has 1 N–H and O–H groups in total. The predicted molar refractivity (Wildman–Crippen MR) is 87.3 cm³/mol. The van der Waals surface area contributed by atoms with E-state index in [-0.39, 0.29) is 11.9 Å². The highest BCUT2D eigenvalue weighted by molar-refractivity contribution is 7.18. The summed E-state index contributed by atoms with van der Waals surface area (Å²) in [5.74, 6) is 0.0350. The number of carbonyl (C=O) groups is 1. The number of rotatable bonds is 4. The zero-order valence-corrected chi connectivity index (χ0v) is 13.8. The van der Waals surface area contributed by atoms with Crippen LogP contribution < -0.4 is 0 Å². The van der Waals surface area contributed by atoms with Crippen LogP contribution >= 0.6 is 34.3 Å². The number of nitrogens with zero attached hydrogens (tertiary/aromatic N) is 1. The van der Waals surface area contributed by atoms with Crippen molar-refractivity contribution in [2.45, 2.75) is 31.4 Å². The minimum atomic E-state index is -0.490. The molecule has 21 heavy (non-hydrogen) atoms. The van der Waals surface area contributed by atoms with Gasteiger partial charge in [0.1, 0.15) is 0 Å². The van der Waals surface area contributed by atoms with Crippen molar-refractivity contribution in [3.63, 3.8) is 0 Å². The molecule has 6 heteroatoms. The number of aliphatic hydroxyl groups is 1. The molecule has 0 spiro atoms. The molecule has 0 aliphatic carbocycles. The Hall–Kier alpha value is -0.880. The van der Waals surface area contributed by atoms with Crippen LogP contribution in [0.5, 0.6) is 0 Å². The highest BCUT2D eigenvalue weighted by Crippen LogP contribution is 2.31. The molecule has 0 unspecified atom stereocenters. The summed E-state index contributed by atoms with van der Waals surface area (Å²) in [5.41, 5.74) is 0. The molecule has 3 heterocycles. The van der Waals surface area contributed by atoms with E-state index in [1.54, 1.807) is 23.5 Å². The van der Waals surface area contributed by atoms with Crippen molar-refractivity contribution in [2.24, 2.45) is 0 Å². The van der Waals surface area contributed by atoms with Crippen LogP contribution in [0.3, 0.4) is 0 Å². The molecule has 0 aromatic carbocycles. The Morgan fingerprint density at radius 2 is 2.33 bits per heavy atom. The molecule has 1 amide bonds. The van der Waals surface area contributed by atoms with Crippen LogP contribution in [0.1, 0.15) is 39.9 Å². The molecule has 2 aromatic heterocycles. The van der Waals surface area contributed by atoms with Gasteiger partial charge in [-0.2, -0.15) is 0 Å². The van der Waals surface area contributed by atoms with Crippen LogP contribution in [0.15, 0.2) is 29.6 Å². The van der Waals surface area contributed by atoms with Crippen molar-refractivity contribution >= 4 is 40.2 Å². The van der Waals surface area contributed by atoms with Gasteiger partial charge in [0.25, 0.3) is 5.91 Å². The van der Waals surface area contributed by atoms with Crippen LogP contribution in [0, 0.1) is 0 Å². The van der Waals surface area contributed by atoms with Crippen LogP contribution in [-0.2, 0) is 0 Å². The summed E-state index contributed by atoms with van der Waals surface area (Å²) in [6, 6.07) is 7.52. The predicted octanol–water partition coefficient (Wildman–Crippen LogP) is 4.19. The van der Waals surface area contributed by atoms with Crippen LogP contribution in [0.2, 0.25) is 4.34 Å². The summed E-state index contributed by atoms with van der Waals surface area (Å²) in [6.07, 6.45) is 2.06. The molecule has 0 bridgehead atoms. The van der Waals surface area contributed by atoms with E-state index in [0.29, 0.717) is 15.6 Å². The Bertz CT molecular complexity index is 611. The first kappa shape index (κ1) is 15.0.